The van der Waals surface area contributed by atoms with Gasteiger partial charge in [-0.15, -0.1) is 0 Å². The lowest BCUT2D eigenvalue weighted by molar-refractivity contribution is -0.383. The van der Waals surface area contributed by atoms with E-state index in [1.165, 1.54) is 11.5 Å². The summed E-state index contributed by atoms with van der Waals surface area (Å²) in [5.41, 5.74) is 2.89. The summed E-state index contributed by atoms with van der Waals surface area (Å²) in [4.78, 5) is 19.2. The van der Waals surface area contributed by atoms with E-state index in [0.717, 1.165) is 22.2 Å². The van der Waals surface area contributed by atoms with Gasteiger partial charge in [0.25, 0.3) is 5.69 Å². The number of hydrogen-bond donors (Lipinski definition) is 0. The van der Waals surface area contributed by atoms with Crippen LogP contribution < -0.4 is 0 Å². The van der Waals surface area contributed by atoms with Crippen molar-refractivity contribution in [2.45, 2.75) is 0 Å². The number of non-ortho nitro benzene ring substituents is 1. The largest absolute Gasteiger partial charge is 0.277 e. The Bertz CT molecular complexity index is 1220. The van der Waals surface area contributed by atoms with Gasteiger partial charge >= 0.3 is 0 Å². The second kappa shape index (κ2) is 8.27. The van der Waals surface area contributed by atoms with E-state index in [-0.39, 0.29) is 10.6 Å². The van der Waals surface area contributed by atoms with Crippen molar-refractivity contribution in [1.29, 1.82) is 0 Å². The van der Waals surface area contributed by atoms with Crippen molar-refractivity contribution in [3.63, 3.8) is 0 Å². The highest BCUT2D eigenvalue weighted by molar-refractivity contribution is 5.99. The van der Waals surface area contributed by atoms with Crippen LogP contribution in [0.2, 0.25) is 0 Å². The maximum atomic E-state index is 11.0. The Balaban J connectivity index is 0.000000171. The predicted molar refractivity (Wildman–Crippen MR) is 116 cm³/mol. The first kappa shape index (κ1) is 18.3. The standard InChI is InChI=1S/C15H10N2O2.C9H7N/c18-17(19)14-8-4-7-13-12(14)9-10-16-15(13)11-5-2-1-3-6-11;1-2-6-9-8(4-1)5-3-7-10-9/h1-10H;1-7H. The molecule has 0 atom stereocenters. The SMILES string of the molecule is O=[N+]([O-])c1cccc2c(-c3ccccc3)nccc12.c1ccc2ncccc2c1. The second-order valence-corrected chi connectivity index (χ2v) is 6.35. The van der Waals surface area contributed by atoms with E-state index >= 15 is 0 Å². The Hall–Kier alpha value is -4.12. The molecule has 0 aliphatic heterocycles. The van der Waals surface area contributed by atoms with Gasteiger partial charge in [0.2, 0.25) is 0 Å². The number of aromatic nitrogens is 2. The molecule has 2 heterocycles. The Morgan fingerprint density at radius 3 is 2.21 bits per heavy atom. The van der Waals surface area contributed by atoms with Crippen molar-refractivity contribution in [2.75, 3.05) is 0 Å². The second-order valence-electron chi connectivity index (χ2n) is 6.35. The topological polar surface area (TPSA) is 68.9 Å². The molecule has 29 heavy (non-hydrogen) atoms. The van der Waals surface area contributed by atoms with Gasteiger partial charge in [0.1, 0.15) is 0 Å². The minimum Gasteiger partial charge on any atom is -0.258 e. The molecular weight excluding hydrogens is 362 g/mol. The van der Waals surface area contributed by atoms with Crippen molar-refractivity contribution < 1.29 is 4.92 Å². The van der Waals surface area contributed by atoms with Crippen molar-refractivity contribution in [3.8, 4) is 11.3 Å². The van der Waals surface area contributed by atoms with Gasteiger partial charge in [-0.3, -0.25) is 20.1 Å². The molecule has 3 aromatic carbocycles. The third kappa shape index (κ3) is 3.94. The molecule has 140 valence electrons. The Labute approximate surface area is 167 Å². The van der Waals surface area contributed by atoms with Crippen molar-refractivity contribution in [2.24, 2.45) is 0 Å². The first-order chi connectivity index (χ1) is 14.2. The molecule has 0 saturated heterocycles. The van der Waals surface area contributed by atoms with Crippen LogP contribution in [-0.4, -0.2) is 14.9 Å². The molecule has 5 aromatic rings. The maximum absolute atomic E-state index is 11.0. The molecule has 0 amide bonds. The summed E-state index contributed by atoms with van der Waals surface area (Å²) in [6.07, 6.45) is 3.42. The third-order valence-electron chi connectivity index (χ3n) is 4.54. The number of para-hydroxylation sites is 1. The number of nitro groups is 1. The molecule has 5 nitrogen and oxygen atoms in total. The fraction of sp³-hybridized carbons (Fsp3) is 0. The highest BCUT2D eigenvalue weighted by Gasteiger charge is 2.14. The minimum atomic E-state index is -0.364. The Morgan fingerprint density at radius 2 is 1.41 bits per heavy atom. The molecule has 0 N–H and O–H groups in total. The van der Waals surface area contributed by atoms with Crippen LogP contribution >= 0.6 is 0 Å². The molecule has 5 rings (SSSR count). The fourth-order valence-electron chi connectivity index (χ4n) is 3.19. The van der Waals surface area contributed by atoms with Gasteiger partial charge in [0, 0.05) is 34.8 Å². The number of benzene rings is 3. The summed E-state index contributed by atoms with van der Waals surface area (Å²) in [5, 5.41) is 13.7. The van der Waals surface area contributed by atoms with Gasteiger partial charge < -0.3 is 0 Å². The molecule has 0 fully saturated rings. The average molecular weight is 379 g/mol. The molecule has 5 heteroatoms. The van der Waals surface area contributed by atoms with Gasteiger partial charge in [-0.2, -0.15) is 0 Å². The number of pyridine rings is 2. The first-order valence-electron chi connectivity index (χ1n) is 9.11. The zero-order valence-corrected chi connectivity index (χ0v) is 15.5. The van der Waals surface area contributed by atoms with Crippen LogP contribution in [-0.2, 0) is 0 Å². The van der Waals surface area contributed by atoms with Crippen LogP contribution in [0.25, 0.3) is 32.9 Å². The smallest absolute Gasteiger partial charge is 0.258 e. The zero-order chi connectivity index (χ0) is 20.1. The summed E-state index contributed by atoms with van der Waals surface area (Å²) >= 11 is 0. The molecule has 0 aliphatic carbocycles. The Morgan fingerprint density at radius 1 is 0.655 bits per heavy atom. The molecule has 0 unspecified atom stereocenters. The number of hydrogen-bond acceptors (Lipinski definition) is 4. The van der Waals surface area contributed by atoms with Crippen molar-refractivity contribution >= 4 is 27.4 Å². The van der Waals surface area contributed by atoms with E-state index in [0.29, 0.717) is 5.39 Å². The monoisotopic (exact) mass is 379 g/mol. The number of nitrogens with zero attached hydrogens (tertiary/aromatic N) is 3. The zero-order valence-electron chi connectivity index (χ0n) is 15.5. The molecular formula is C24H17N3O2. The van der Waals surface area contributed by atoms with Crippen molar-refractivity contribution in [1.82, 2.24) is 9.97 Å². The van der Waals surface area contributed by atoms with Gasteiger partial charge in [-0.25, -0.2) is 0 Å². The minimum absolute atomic E-state index is 0.108. The number of rotatable bonds is 2. The Kier molecular flexibility index (Phi) is 5.21. The number of fused-ring (bicyclic) bond motifs is 2. The number of nitro benzene ring substituents is 1. The summed E-state index contributed by atoms with van der Waals surface area (Å²) in [6.45, 7) is 0. The first-order valence-corrected chi connectivity index (χ1v) is 9.11. The van der Waals surface area contributed by atoms with E-state index in [9.17, 15) is 10.1 Å². The summed E-state index contributed by atoms with van der Waals surface area (Å²) in [6, 6.07) is 28.5. The van der Waals surface area contributed by atoms with E-state index in [4.69, 9.17) is 0 Å². The molecule has 0 aliphatic rings. The third-order valence-corrected chi connectivity index (χ3v) is 4.54. The van der Waals surface area contributed by atoms with Crippen LogP contribution in [0.15, 0.2) is 103 Å². The maximum Gasteiger partial charge on any atom is 0.277 e. The fourth-order valence-corrected chi connectivity index (χ4v) is 3.19. The molecule has 0 radical (unpaired) electrons. The highest BCUT2D eigenvalue weighted by Crippen LogP contribution is 2.31. The molecule has 2 aromatic heterocycles. The lowest BCUT2D eigenvalue weighted by Gasteiger charge is -2.05. The average Bonchev–Trinajstić information content (AvgIpc) is 2.79. The summed E-state index contributed by atoms with van der Waals surface area (Å²) < 4.78 is 0. The highest BCUT2D eigenvalue weighted by atomic mass is 16.6. The molecule has 0 spiro atoms. The lowest BCUT2D eigenvalue weighted by atomic mass is 10.0. The van der Waals surface area contributed by atoms with E-state index in [1.807, 2.05) is 66.9 Å². The van der Waals surface area contributed by atoms with E-state index < -0.39 is 0 Å². The molecule has 0 bridgehead atoms. The van der Waals surface area contributed by atoms with Crippen LogP contribution in [0.3, 0.4) is 0 Å². The van der Waals surface area contributed by atoms with Gasteiger partial charge in [-0.1, -0.05) is 66.7 Å². The summed E-state index contributed by atoms with van der Waals surface area (Å²) in [5.74, 6) is 0. The van der Waals surface area contributed by atoms with Crippen molar-refractivity contribution in [3.05, 3.63) is 114 Å². The lowest BCUT2D eigenvalue weighted by Crippen LogP contribution is -1.91. The quantitative estimate of drug-likeness (QED) is 0.277. The van der Waals surface area contributed by atoms with E-state index in [2.05, 4.69) is 22.1 Å². The predicted octanol–water partition coefficient (Wildman–Crippen LogP) is 6.04. The summed E-state index contributed by atoms with van der Waals surface area (Å²) in [7, 11) is 0. The van der Waals surface area contributed by atoms with Crippen LogP contribution in [0.4, 0.5) is 5.69 Å². The van der Waals surface area contributed by atoms with Crippen LogP contribution in [0.5, 0.6) is 0 Å². The van der Waals surface area contributed by atoms with Gasteiger partial charge in [0.15, 0.2) is 0 Å². The van der Waals surface area contributed by atoms with Crippen LogP contribution in [0.1, 0.15) is 0 Å². The van der Waals surface area contributed by atoms with Gasteiger partial charge in [-0.05, 0) is 18.2 Å². The van der Waals surface area contributed by atoms with Gasteiger partial charge in [0.05, 0.1) is 21.5 Å². The van der Waals surface area contributed by atoms with Crippen LogP contribution in [0, 0.1) is 10.1 Å². The molecule has 0 saturated carbocycles. The normalized spacial score (nSPS) is 10.3. The van der Waals surface area contributed by atoms with E-state index in [1.54, 1.807) is 18.3 Å².